The van der Waals surface area contributed by atoms with Gasteiger partial charge >= 0.3 is 0 Å². The molecule has 2 aliphatic heterocycles. The largest absolute Gasteiger partial charge is 0.508 e. The van der Waals surface area contributed by atoms with Gasteiger partial charge in [0.05, 0.1) is 11.9 Å². The lowest BCUT2D eigenvalue weighted by atomic mass is 9.98. The summed E-state index contributed by atoms with van der Waals surface area (Å²) in [7, 11) is 0. The maximum atomic E-state index is 13.1. The highest BCUT2D eigenvalue weighted by Crippen LogP contribution is 2.21. The Morgan fingerprint density at radius 2 is 1.79 bits per heavy atom. The Morgan fingerprint density at radius 3 is 2.55 bits per heavy atom. The first-order chi connectivity index (χ1) is 16.0. The van der Waals surface area contributed by atoms with Crippen molar-refractivity contribution in [3.8, 4) is 11.4 Å². The number of carbonyl (C=O) groups is 2. The fourth-order valence-electron chi connectivity index (χ4n) is 4.55. The summed E-state index contributed by atoms with van der Waals surface area (Å²) in [6.45, 7) is 4.46. The predicted octanol–water partition coefficient (Wildman–Crippen LogP) is 1.64. The molecular formula is C25H27N5O3. The molecule has 8 nitrogen and oxygen atoms in total. The lowest BCUT2D eigenvalue weighted by Gasteiger charge is -2.45. The third-order valence-electron chi connectivity index (χ3n) is 6.38. The maximum absolute atomic E-state index is 13.1. The molecule has 2 fully saturated rings. The molecule has 8 heteroatoms. The van der Waals surface area contributed by atoms with Gasteiger partial charge in [-0.05, 0) is 36.8 Å². The molecule has 5 rings (SSSR count). The van der Waals surface area contributed by atoms with E-state index in [2.05, 4.69) is 34.4 Å². The molecule has 3 aromatic rings. The van der Waals surface area contributed by atoms with Crippen molar-refractivity contribution in [3.63, 3.8) is 0 Å². The SMILES string of the molecule is Cc1ccc(-n2cc(CN3CCN4C(=O)[C@@H](Cc5ccc(O)cc5)NC(=O)[C@H]4C3)cn2)cc1. The Balaban J connectivity index is 1.22. The number of aryl methyl sites for hydroxylation is 1. The lowest BCUT2D eigenvalue weighted by molar-refractivity contribution is -0.153. The van der Waals surface area contributed by atoms with Crippen LogP contribution in [-0.4, -0.2) is 68.2 Å². The average molecular weight is 446 g/mol. The van der Waals surface area contributed by atoms with Crippen molar-refractivity contribution in [2.75, 3.05) is 19.6 Å². The van der Waals surface area contributed by atoms with Crippen LogP contribution in [0.2, 0.25) is 0 Å². The van der Waals surface area contributed by atoms with E-state index in [0.29, 0.717) is 32.6 Å². The average Bonchev–Trinajstić information content (AvgIpc) is 3.27. The van der Waals surface area contributed by atoms with Crippen LogP contribution in [0.4, 0.5) is 0 Å². The molecule has 2 amide bonds. The Hall–Kier alpha value is -3.65. The number of phenolic OH excluding ortho intramolecular Hbond substituents is 1. The minimum atomic E-state index is -0.572. The van der Waals surface area contributed by atoms with E-state index in [0.717, 1.165) is 16.8 Å². The highest BCUT2D eigenvalue weighted by atomic mass is 16.3. The molecule has 0 radical (unpaired) electrons. The van der Waals surface area contributed by atoms with Gasteiger partial charge in [-0.15, -0.1) is 0 Å². The van der Waals surface area contributed by atoms with E-state index in [9.17, 15) is 14.7 Å². The smallest absolute Gasteiger partial charge is 0.246 e. The Labute approximate surface area is 192 Å². The molecule has 2 saturated heterocycles. The Morgan fingerprint density at radius 1 is 1.03 bits per heavy atom. The van der Waals surface area contributed by atoms with E-state index in [-0.39, 0.29) is 17.6 Å². The summed E-state index contributed by atoms with van der Waals surface area (Å²) < 4.78 is 1.86. The highest BCUT2D eigenvalue weighted by molar-refractivity contribution is 5.97. The molecule has 2 aromatic carbocycles. The quantitative estimate of drug-likeness (QED) is 0.623. The number of hydrogen-bond acceptors (Lipinski definition) is 5. The lowest BCUT2D eigenvalue weighted by Crippen LogP contribution is -2.69. The van der Waals surface area contributed by atoms with Crippen LogP contribution >= 0.6 is 0 Å². The van der Waals surface area contributed by atoms with Gasteiger partial charge in [0.2, 0.25) is 11.8 Å². The fourth-order valence-corrected chi connectivity index (χ4v) is 4.55. The summed E-state index contributed by atoms with van der Waals surface area (Å²) in [6, 6.07) is 13.9. The zero-order chi connectivity index (χ0) is 22.9. The van der Waals surface area contributed by atoms with Crippen LogP contribution in [0.3, 0.4) is 0 Å². The van der Waals surface area contributed by atoms with Crippen LogP contribution in [0.1, 0.15) is 16.7 Å². The second kappa shape index (κ2) is 8.71. The Bertz CT molecular complexity index is 1160. The van der Waals surface area contributed by atoms with Gasteiger partial charge in [0, 0.05) is 44.4 Å². The molecule has 2 N–H and O–H groups in total. The van der Waals surface area contributed by atoms with Crippen molar-refractivity contribution in [3.05, 3.63) is 77.6 Å². The van der Waals surface area contributed by atoms with E-state index in [1.807, 2.05) is 29.2 Å². The number of rotatable bonds is 5. The summed E-state index contributed by atoms with van der Waals surface area (Å²) >= 11 is 0. The van der Waals surface area contributed by atoms with Gasteiger partial charge < -0.3 is 15.3 Å². The summed E-state index contributed by atoms with van der Waals surface area (Å²) in [5, 5.41) is 16.8. The number of carbonyl (C=O) groups excluding carboxylic acids is 2. The standard InChI is InChI=1S/C25H27N5O3/c1-17-2-6-20(7-3-17)30-15-19(13-26-30)14-28-10-11-29-23(16-28)24(32)27-22(25(29)33)12-18-4-8-21(31)9-5-18/h2-9,13,15,22-23,31H,10-12,14,16H2,1H3,(H,27,32)/t22-,23-/m1/s1. The van der Waals surface area contributed by atoms with Gasteiger partial charge in [0.1, 0.15) is 17.8 Å². The van der Waals surface area contributed by atoms with E-state index >= 15 is 0 Å². The minimum Gasteiger partial charge on any atom is -0.508 e. The van der Waals surface area contributed by atoms with E-state index < -0.39 is 12.1 Å². The second-order valence-corrected chi connectivity index (χ2v) is 8.84. The van der Waals surface area contributed by atoms with Crippen LogP contribution in [-0.2, 0) is 22.6 Å². The second-order valence-electron chi connectivity index (χ2n) is 8.84. The molecule has 2 aliphatic rings. The van der Waals surface area contributed by atoms with Crippen molar-refractivity contribution >= 4 is 11.8 Å². The van der Waals surface area contributed by atoms with Crippen LogP contribution in [0.15, 0.2) is 60.9 Å². The molecule has 0 saturated carbocycles. The first-order valence-corrected chi connectivity index (χ1v) is 11.2. The monoisotopic (exact) mass is 445 g/mol. The maximum Gasteiger partial charge on any atom is 0.246 e. The van der Waals surface area contributed by atoms with Gasteiger partial charge in [0.25, 0.3) is 0 Å². The number of hydrogen-bond donors (Lipinski definition) is 2. The third-order valence-corrected chi connectivity index (χ3v) is 6.38. The topological polar surface area (TPSA) is 90.7 Å². The molecule has 3 heterocycles. The number of phenols is 1. The predicted molar refractivity (Wildman–Crippen MR) is 123 cm³/mol. The zero-order valence-corrected chi connectivity index (χ0v) is 18.5. The summed E-state index contributed by atoms with van der Waals surface area (Å²) in [4.78, 5) is 29.8. The van der Waals surface area contributed by atoms with Crippen molar-refractivity contribution in [2.45, 2.75) is 32.0 Å². The number of amides is 2. The molecule has 33 heavy (non-hydrogen) atoms. The Kier molecular flexibility index (Phi) is 5.60. The van der Waals surface area contributed by atoms with Gasteiger partial charge in [0.15, 0.2) is 0 Å². The molecule has 0 spiro atoms. The normalized spacial score (nSPS) is 21.1. The number of benzene rings is 2. The highest BCUT2D eigenvalue weighted by Gasteiger charge is 2.43. The fraction of sp³-hybridized carbons (Fsp3) is 0.320. The van der Waals surface area contributed by atoms with E-state index in [4.69, 9.17) is 0 Å². The first-order valence-electron chi connectivity index (χ1n) is 11.2. The van der Waals surface area contributed by atoms with Crippen LogP contribution < -0.4 is 5.32 Å². The van der Waals surface area contributed by atoms with Crippen molar-refractivity contribution in [2.24, 2.45) is 0 Å². The third kappa shape index (κ3) is 4.47. The van der Waals surface area contributed by atoms with Gasteiger partial charge in [-0.1, -0.05) is 29.8 Å². The minimum absolute atomic E-state index is 0.0421. The number of fused-ring (bicyclic) bond motifs is 1. The van der Waals surface area contributed by atoms with Gasteiger partial charge in [-0.2, -0.15) is 5.10 Å². The van der Waals surface area contributed by atoms with Crippen molar-refractivity contribution in [1.29, 1.82) is 0 Å². The van der Waals surface area contributed by atoms with Gasteiger partial charge in [-0.3, -0.25) is 14.5 Å². The van der Waals surface area contributed by atoms with Crippen LogP contribution in [0, 0.1) is 6.92 Å². The van der Waals surface area contributed by atoms with E-state index in [1.54, 1.807) is 29.2 Å². The van der Waals surface area contributed by atoms with Crippen molar-refractivity contribution in [1.82, 2.24) is 24.9 Å². The molecular weight excluding hydrogens is 418 g/mol. The molecule has 0 aliphatic carbocycles. The first kappa shape index (κ1) is 21.2. The number of piperazine rings is 2. The summed E-state index contributed by atoms with van der Waals surface area (Å²) in [5.41, 5.74) is 4.18. The summed E-state index contributed by atoms with van der Waals surface area (Å²) in [6.07, 6.45) is 4.28. The van der Waals surface area contributed by atoms with Crippen LogP contribution in [0.5, 0.6) is 5.75 Å². The molecule has 0 unspecified atom stereocenters. The van der Waals surface area contributed by atoms with Crippen LogP contribution in [0.25, 0.3) is 5.69 Å². The number of nitrogens with one attached hydrogen (secondary N) is 1. The van der Waals surface area contributed by atoms with E-state index in [1.165, 1.54) is 5.56 Å². The molecule has 0 bridgehead atoms. The molecule has 170 valence electrons. The number of aromatic nitrogens is 2. The number of nitrogens with zero attached hydrogens (tertiary/aromatic N) is 4. The van der Waals surface area contributed by atoms with Crippen molar-refractivity contribution < 1.29 is 14.7 Å². The van der Waals surface area contributed by atoms with Gasteiger partial charge in [-0.25, -0.2) is 4.68 Å². The zero-order valence-electron chi connectivity index (χ0n) is 18.5. The summed E-state index contributed by atoms with van der Waals surface area (Å²) in [5.74, 6) is 0.0243. The molecule has 1 aromatic heterocycles. The number of aromatic hydroxyl groups is 1. The molecule has 2 atom stereocenters.